The molecule has 0 radical (unpaired) electrons. The second-order valence-electron chi connectivity index (χ2n) is 9.05. The van der Waals surface area contributed by atoms with Gasteiger partial charge in [0.25, 0.3) is 0 Å². The summed E-state index contributed by atoms with van der Waals surface area (Å²) in [5.41, 5.74) is 1.11. The van der Waals surface area contributed by atoms with E-state index in [1.165, 1.54) is 0 Å². The number of imide groups is 2. The van der Waals surface area contributed by atoms with E-state index in [1.54, 1.807) is 91.0 Å². The van der Waals surface area contributed by atoms with Crippen LogP contribution in [0.5, 0.6) is 0 Å². The maximum absolute atomic E-state index is 13.8. The lowest BCUT2D eigenvalue weighted by Gasteiger charge is -2.23. The summed E-state index contributed by atoms with van der Waals surface area (Å²) in [7, 11) is 0. The molecule has 1 saturated carbocycles. The lowest BCUT2D eigenvalue weighted by atomic mass is 9.81. The highest BCUT2D eigenvalue weighted by molar-refractivity contribution is 6.30. The van der Waals surface area contributed by atoms with E-state index in [1.807, 2.05) is 0 Å². The number of anilines is 2. The summed E-state index contributed by atoms with van der Waals surface area (Å²) in [6.07, 6.45) is 0. The van der Waals surface area contributed by atoms with Gasteiger partial charge in [-0.15, -0.1) is 0 Å². The fraction of sp³-hybridized carbons (Fsp3) is 0.179. The van der Waals surface area contributed by atoms with Crippen molar-refractivity contribution < 1.29 is 24.0 Å². The average molecular weight is 464 g/mol. The second-order valence-corrected chi connectivity index (χ2v) is 9.05. The van der Waals surface area contributed by atoms with Crippen molar-refractivity contribution in [1.82, 2.24) is 0 Å². The van der Waals surface area contributed by atoms with Crippen molar-refractivity contribution >= 4 is 40.8 Å². The van der Waals surface area contributed by atoms with Crippen molar-refractivity contribution in [2.24, 2.45) is 29.6 Å². The predicted molar refractivity (Wildman–Crippen MR) is 126 cm³/mol. The van der Waals surface area contributed by atoms with E-state index in [2.05, 4.69) is 0 Å². The third-order valence-electron chi connectivity index (χ3n) is 7.35. The Morgan fingerprint density at radius 2 is 0.829 bits per heavy atom. The molecule has 0 N–H and O–H groups in total. The van der Waals surface area contributed by atoms with Crippen LogP contribution in [0.3, 0.4) is 0 Å². The summed E-state index contributed by atoms with van der Waals surface area (Å²) in [5.74, 6) is -7.97. The molecule has 0 spiro atoms. The van der Waals surface area contributed by atoms with E-state index in [9.17, 15) is 24.0 Å². The van der Waals surface area contributed by atoms with Gasteiger partial charge in [0.2, 0.25) is 23.6 Å². The van der Waals surface area contributed by atoms with E-state index in [4.69, 9.17) is 0 Å². The molecule has 7 heteroatoms. The molecular weight excluding hydrogens is 444 g/mol. The number of rotatable bonds is 4. The van der Waals surface area contributed by atoms with Gasteiger partial charge in [-0.1, -0.05) is 66.7 Å². The number of fused-ring (bicyclic) bond motifs is 3. The highest BCUT2D eigenvalue weighted by atomic mass is 16.2. The Balaban J connectivity index is 1.49. The summed E-state index contributed by atoms with van der Waals surface area (Å²) in [6, 6.07) is 25.3. The fourth-order valence-corrected chi connectivity index (χ4v) is 5.94. The number of carbonyl (C=O) groups is 5. The highest BCUT2D eigenvalue weighted by Crippen LogP contribution is 2.56. The maximum atomic E-state index is 13.8. The number of ketones is 1. The van der Waals surface area contributed by atoms with Gasteiger partial charge in [0.1, 0.15) is 0 Å². The standard InChI is InChI=1S/C28H20N2O5/c31-24(16-10-4-1-5-11-16)19-20-22(27(34)29(25(20)32)17-12-6-2-7-13-17)23-21(19)26(33)30(28(23)35)18-14-8-3-9-15-18/h1-15,19-23H/t20-,21-,22-,23-/m0/s1. The van der Waals surface area contributed by atoms with Crippen LogP contribution < -0.4 is 9.80 Å². The van der Waals surface area contributed by atoms with Crippen molar-refractivity contribution in [2.45, 2.75) is 0 Å². The first-order valence-corrected chi connectivity index (χ1v) is 11.5. The normalized spacial score (nSPS) is 27.4. The van der Waals surface area contributed by atoms with Crippen LogP contribution in [-0.4, -0.2) is 29.4 Å². The minimum Gasteiger partial charge on any atom is -0.294 e. The number of amides is 4. The first-order valence-electron chi connectivity index (χ1n) is 11.5. The van der Waals surface area contributed by atoms with Crippen LogP contribution in [0.15, 0.2) is 91.0 Å². The van der Waals surface area contributed by atoms with Gasteiger partial charge in [0, 0.05) is 11.5 Å². The molecule has 4 atom stereocenters. The molecule has 6 rings (SSSR count). The Morgan fingerprint density at radius 3 is 1.23 bits per heavy atom. The molecule has 0 unspecified atom stereocenters. The summed E-state index contributed by atoms with van der Waals surface area (Å²) < 4.78 is 0. The first-order chi connectivity index (χ1) is 17.0. The minimum atomic E-state index is -1.11. The summed E-state index contributed by atoms with van der Waals surface area (Å²) >= 11 is 0. The van der Waals surface area contributed by atoms with Crippen LogP contribution in [-0.2, 0) is 19.2 Å². The molecule has 2 aliphatic heterocycles. The summed E-state index contributed by atoms with van der Waals surface area (Å²) in [4.78, 5) is 70.5. The molecule has 3 aromatic carbocycles. The van der Waals surface area contributed by atoms with Gasteiger partial charge < -0.3 is 0 Å². The molecule has 7 nitrogen and oxygen atoms in total. The molecule has 3 aromatic rings. The molecule has 3 fully saturated rings. The number of nitrogens with zero attached hydrogens (tertiary/aromatic N) is 2. The van der Waals surface area contributed by atoms with Crippen LogP contribution in [0.1, 0.15) is 10.4 Å². The number of para-hydroxylation sites is 2. The third kappa shape index (κ3) is 2.94. The molecular formula is C28H20N2O5. The van der Waals surface area contributed by atoms with E-state index in [-0.39, 0.29) is 0 Å². The smallest absolute Gasteiger partial charge is 0.238 e. The van der Waals surface area contributed by atoms with Crippen LogP contribution in [0.25, 0.3) is 0 Å². The SMILES string of the molecule is O=C(c1ccccc1)C1[C@@H]2C(=O)N(c3ccccc3)C(=O)[C@@H]2[C@H]2C(=O)N(c3ccccc3)C(=O)[C@@H]12. The lowest BCUT2D eigenvalue weighted by Crippen LogP contribution is -2.40. The lowest BCUT2D eigenvalue weighted by molar-refractivity contribution is -0.129. The van der Waals surface area contributed by atoms with E-state index >= 15 is 0 Å². The zero-order valence-electron chi connectivity index (χ0n) is 18.5. The number of hydrogen-bond donors (Lipinski definition) is 0. The van der Waals surface area contributed by atoms with Crippen LogP contribution in [0, 0.1) is 29.6 Å². The average Bonchev–Trinajstić information content (AvgIpc) is 3.46. The highest BCUT2D eigenvalue weighted by Gasteiger charge is 2.72. The van der Waals surface area contributed by atoms with E-state index in [0.29, 0.717) is 16.9 Å². The Bertz CT molecular complexity index is 1290. The van der Waals surface area contributed by atoms with Crippen molar-refractivity contribution in [2.75, 3.05) is 9.80 Å². The second kappa shape index (κ2) is 7.84. The van der Waals surface area contributed by atoms with Gasteiger partial charge >= 0.3 is 0 Å². The Morgan fingerprint density at radius 1 is 0.486 bits per heavy atom. The number of benzene rings is 3. The fourth-order valence-electron chi connectivity index (χ4n) is 5.94. The molecule has 0 bridgehead atoms. The number of Topliss-reactive ketones (excluding diaryl/α,β-unsaturated/α-hetero) is 1. The summed E-state index contributed by atoms with van der Waals surface area (Å²) in [6.45, 7) is 0. The number of carbonyl (C=O) groups excluding carboxylic acids is 5. The van der Waals surface area contributed by atoms with Gasteiger partial charge in [-0.2, -0.15) is 0 Å². The van der Waals surface area contributed by atoms with Gasteiger partial charge in [0.15, 0.2) is 5.78 Å². The molecule has 0 aromatic heterocycles. The van der Waals surface area contributed by atoms with Crippen molar-refractivity contribution in [3.05, 3.63) is 96.6 Å². The molecule has 2 saturated heterocycles. The third-order valence-corrected chi connectivity index (χ3v) is 7.35. The van der Waals surface area contributed by atoms with Gasteiger partial charge in [0.05, 0.1) is 35.0 Å². The Labute approximate surface area is 201 Å². The number of hydrogen-bond acceptors (Lipinski definition) is 5. The monoisotopic (exact) mass is 464 g/mol. The largest absolute Gasteiger partial charge is 0.294 e. The molecule has 1 aliphatic carbocycles. The van der Waals surface area contributed by atoms with Crippen molar-refractivity contribution in [3.8, 4) is 0 Å². The minimum absolute atomic E-state index is 0.341. The zero-order chi connectivity index (χ0) is 24.3. The Kier molecular flexibility index (Phi) is 4.74. The van der Waals surface area contributed by atoms with Crippen molar-refractivity contribution in [1.29, 1.82) is 0 Å². The van der Waals surface area contributed by atoms with Crippen LogP contribution in [0.4, 0.5) is 11.4 Å². The predicted octanol–water partition coefficient (Wildman–Crippen LogP) is 3.11. The zero-order valence-corrected chi connectivity index (χ0v) is 18.5. The molecule has 35 heavy (non-hydrogen) atoms. The maximum Gasteiger partial charge on any atom is 0.238 e. The molecule has 172 valence electrons. The Hall–Kier alpha value is -4.39. The summed E-state index contributed by atoms with van der Waals surface area (Å²) in [5, 5.41) is 0. The quantitative estimate of drug-likeness (QED) is 0.437. The van der Waals surface area contributed by atoms with E-state index < -0.39 is 59.0 Å². The van der Waals surface area contributed by atoms with Crippen LogP contribution in [0.2, 0.25) is 0 Å². The van der Waals surface area contributed by atoms with Gasteiger partial charge in [-0.3, -0.25) is 33.8 Å². The van der Waals surface area contributed by atoms with Crippen LogP contribution >= 0.6 is 0 Å². The molecule has 2 heterocycles. The first kappa shape index (κ1) is 21.2. The van der Waals surface area contributed by atoms with Gasteiger partial charge in [-0.05, 0) is 24.3 Å². The van der Waals surface area contributed by atoms with E-state index in [0.717, 1.165) is 9.80 Å². The van der Waals surface area contributed by atoms with Crippen molar-refractivity contribution in [3.63, 3.8) is 0 Å². The molecule has 3 aliphatic rings. The van der Waals surface area contributed by atoms with Gasteiger partial charge in [-0.25, -0.2) is 0 Å². The molecule has 4 amide bonds. The topological polar surface area (TPSA) is 91.8 Å².